The van der Waals surface area contributed by atoms with Crippen molar-refractivity contribution in [1.29, 1.82) is 0 Å². The van der Waals surface area contributed by atoms with Gasteiger partial charge in [0.25, 0.3) is 0 Å². The lowest BCUT2D eigenvalue weighted by Gasteiger charge is -2.08. The van der Waals surface area contributed by atoms with Gasteiger partial charge in [-0.05, 0) is 6.07 Å². The fourth-order valence-corrected chi connectivity index (χ4v) is 1.80. The Morgan fingerprint density at radius 2 is 1.82 bits per heavy atom. The summed E-state index contributed by atoms with van der Waals surface area (Å²) in [6.45, 7) is 0. The minimum absolute atomic E-state index is 0.737. The molecule has 0 fully saturated rings. The van der Waals surface area contributed by atoms with Crippen molar-refractivity contribution in [2.75, 3.05) is 14.2 Å². The molecule has 0 bridgehead atoms. The summed E-state index contributed by atoms with van der Waals surface area (Å²) in [5.41, 5.74) is 1.89. The van der Waals surface area contributed by atoms with Crippen LogP contribution in [0.5, 0.6) is 11.5 Å². The molecule has 0 aliphatic heterocycles. The van der Waals surface area contributed by atoms with Crippen molar-refractivity contribution in [3.05, 3.63) is 36.2 Å². The number of alkyl halides is 1. The number of aromatic nitrogens is 2. The molecular formula is C12H13BrN2O2. The van der Waals surface area contributed by atoms with Crippen LogP contribution in [-0.4, -0.2) is 24.0 Å². The van der Waals surface area contributed by atoms with Crippen molar-refractivity contribution in [1.82, 2.24) is 9.78 Å². The van der Waals surface area contributed by atoms with E-state index in [9.17, 15) is 0 Å². The van der Waals surface area contributed by atoms with Gasteiger partial charge in [-0.1, -0.05) is 15.9 Å². The standard InChI is InChI=1S/C12H13BrN2O2/c1-16-11-5-10(6-12(7-11)17-2)15-4-3-9(8-13)14-15/h3-7H,8H2,1-2H3. The average molecular weight is 297 g/mol. The van der Waals surface area contributed by atoms with Gasteiger partial charge in [0.15, 0.2) is 0 Å². The fraction of sp³-hybridized carbons (Fsp3) is 0.250. The number of halogens is 1. The highest BCUT2D eigenvalue weighted by Crippen LogP contribution is 2.24. The minimum Gasteiger partial charge on any atom is -0.497 e. The molecule has 0 amide bonds. The third-order valence-electron chi connectivity index (χ3n) is 2.38. The molecular weight excluding hydrogens is 284 g/mol. The van der Waals surface area contributed by atoms with Crippen molar-refractivity contribution in [2.45, 2.75) is 5.33 Å². The second kappa shape index (κ2) is 5.23. The second-order valence-electron chi connectivity index (χ2n) is 3.46. The van der Waals surface area contributed by atoms with Crippen LogP contribution < -0.4 is 9.47 Å². The highest BCUT2D eigenvalue weighted by molar-refractivity contribution is 9.08. The predicted octanol–water partition coefficient (Wildman–Crippen LogP) is 2.78. The van der Waals surface area contributed by atoms with E-state index in [0.717, 1.165) is 28.2 Å². The third-order valence-corrected chi connectivity index (χ3v) is 2.96. The summed E-state index contributed by atoms with van der Waals surface area (Å²) in [6, 6.07) is 7.61. The normalized spacial score (nSPS) is 10.3. The molecule has 0 N–H and O–H groups in total. The number of hydrogen-bond donors (Lipinski definition) is 0. The molecule has 0 atom stereocenters. The van der Waals surface area contributed by atoms with E-state index >= 15 is 0 Å². The van der Waals surface area contributed by atoms with Gasteiger partial charge < -0.3 is 9.47 Å². The van der Waals surface area contributed by atoms with Crippen LogP contribution in [0, 0.1) is 0 Å². The number of benzene rings is 1. The van der Waals surface area contributed by atoms with E-state index in [1.54, 1.807) is 18.9 Å². The highest BCUT2D eigenvalue weighted by atomic mass is 79.9. The highest BCUT2D eigenvalue weighted by Gasteiger charge is 2.05. The van der Waals surface area contributed by atoms with Gasteiger partial charge >= 0.3 is 0 Å². The van der Waals surface area contributed by atoms with Crippen LogP contribution in [0.3, 0.4) is 0 Å². The summed E-state index contributed by atoms with van der Waals surface area (Å²) in [7, 11) is 3.26. The van der Waals surface area contributed by atoms with Crippen molar-refractivity contribution < 1.29 is 9.47 Å². The van der Waals surface area contributed by atoms with Crippen LogP contribution in [0.25, 0.3) is 5.69 Å². The lowest BCUT2D eigenvalue weighted by atomic mass is 10.3. The van der Waals surface area contributed by atoms with E-state index in [0.29, 0.717) is 0 Å². The van der Waals surface area contributed by atoms with E-state index in [2.05, 4.69) is 21.0 Å². The molecule has 0 saturated carbocycles. The lowest BCUT2D eigenvalue weighted by molar-refractivity contribution is 0.394. The molecule has 1 aromatic carbocycles. The summed E-state index contributed by atoms with van der Waals surface area (Å²) in [5.74, 6) is 1.49. The van der Waals surface area contributed by atoms with Gasteiger partial charge in [-0.15, -0.1) is 0 Å². The molecule has 2 rings (SSSR count). The molecule has 90 valence electrons. The molecule has 17 heavy (non-hydrogen) atoms. The van der Waals surface area contributed by atoms with Crippen LogP contribution in [0.2, 0.25) is 0 Å². The van der Waals surface area contributed by atoms with Crippen LogP contribution in [0.1, 0.15) is 5.69 Å². The minimum atomic E-state index is 0.737. The van der Waals surface area contributed by atoms with Gasteiger partial charge in [0.1, 0.15) is 11.5 Å². The zero-order chi connectivity index (χ0) is 12.3. The Labute approximate surface area is 108 Å². The summed E-state index contributed by atoms with van der Waals surface area (Å²) in [5, 5.41) is 5.15. The SMILES string of the molecule is COc1cc(OC)cc(-n2ccc(CBr)n2)c1. The summed E-state index contributed by atoms with van der Waals surface area (Å²) in [6.07, 6.45) is 1.91. The molecule has 4 nitrogen and oxygen atoms in total. The Hall–Kier alpha value is -1.49. The van der Waals surface area contributed by atoms with E-state index in [-0.39, 0.29) is 0 Å². The Bertz CT molecular complexity index is 489. The van der Waals surface area contributed by atoms with Crippen LogP contribution >= 0.6 is 15.9 Å². The molecule has 0 aliphatic rings. The van der Waals surface area contributed by atoms with Gasteiger partial charge in [0.05, 0.1) is 25.6 Å². The Morgan fingerprint density at radius 3 is 2.29 bits per heavy atom. The first kappa shape index (κ1) is 12.0. The predicted molar refractivity (Wildman–Crippen MR) is 69.3 cm³/mol. The zero-order valence-corrected chi connectivity index (χ0v) is 11.3. The smallest absolute Gasteiger partial charge is 0.124 e. The molecule has 5 heteroatoms. The summed E-state index contributed by atoms with van der Waals surface area (Å²) >= 11 is 3.37. The maximum Gasteiger partial charge on any atom is 0.124 e. The monoisotopic (exact) mass is 296 g/mol. The number of hydrogen-bond acceptors (Lipinski definition) is 3. The largest absolute Gasteiger partial charge is 0.497 e. The van der Waals surface area contributed by atoms with E-state index in [1.165, 1.54) is 0 Å². The number of methoxy groups -OCH3 is 2. The first-order valence-electron chi connectivity index (χ1n) is 5.11. The molecule has 2 aromatic rings. The Morgan fingerprint density at radius 1 is 1.18 bits per heavy atom. The lowest BCUT2D eigenvalue weighted by Crippen LogP contribution is -1.97. The van der Waals surface area contributed by atoms with Gasteiger partial charge in [-0.25, -0.2) is 4.68 Å². The first-order valence-corrected chi connectivity index (χ1v) is 6.23. The van der Waals surface area contributed by atoms with E-state index < -0.39 is 0 Å². The van der Waals surface area contributed by atoms with E-state index in [4.69, 9.17) is 9.47 Å². The summed E-state index contributed by atoms with van der Waals surface area (Å²) in [4.78, 5) is 0. The van der Waals surface area contributed by atoms with Crippen molar-refractivity contribution in [3.63, 3.8) is 0 Å². The number of rotatable bonds is 4. The summed E-state index contributed by atoms with van der Waals surface area (Å²) < 4.78 is 12.2. The van der Waals surface area contributed by atoms with E-state index in [1.807, 2.05) is 30.5 Å². The maximum absolute atomic E-state index is 5.22. The van der Waals surface area contributed by atoms with Crippen LogP contribution in [-0.2, 0) is 5.33 Å². The molecule has 0 unspecified atom stereocenters. The Kier molecular flexibility index (Phi) is 3.68. The molecule has 0 aliphatic carbocycles. The van der Waals surface area contributed by atoms with Gasteiger partial charge in [0, 0.05) is 29.7 Å². The van der Waals surface area contributed by atoms with Crippen molar-refractivity contribution >= 4 is 15.9 Å². The average Bonchev–Trinajstić information content (AvgIpc) is 2.86. The van der Waals surface area contributed by atoms with Gasteiger partial charge in [-0.3, -0.25) is 0 Å². The van der Waals surface area contributed by atoms with Crippen molar-refractivity contribution in [3.8, 4) is 17.2 Å². The van der Waals surface area contributed by atoms with Crippen LogP contribution in [0.4, 0.5) is 0 Å². The fourth-order valence-electron chi connectivity index (χ4n) is 1.50. The molecule has 0 radical (unpaired) electrons. The van der Waals surface area contributed by atoms with Crippen molar-refractivity contribution in [2.24, 2.45) is 0 Å². The van der Waals surface area contributed by atoms with Crippen LogP contribution in [0.15, 0.2) is 30.5 Å². The number of nitrogens with zero attached hydrogens (tertiary/aromatic N) is 2. The molecule has 1 aromatic heterocycles. The number of ether oxygens (including phenoxy) is 2. The third kappa shape index (κ3) is 2.61. The molecule has 1 heterocycles. The Balaban J connectivity index is 2.43. The first-order chi connectivity index (χ1) is 8.26. The molecule has 0 saturated heterocycles. The zero-order valence-electron chi connectivity index (χ0n) is 9.68. The van der Waals surface area contributed by atoms with Gasteiger partial charge in [0.2, 0.25) is 0 Å². The quantitative estimate of drug-likeness (QED) is 0.814. The maximum atomic E-state index is 5.22. The second-order valence-corrected chi connectivity index (χ2v) is 4.02. The topological polar surface area (TPSA) is 36.3 Å². The molecule has 0 spiro atoms. The van der Waals surface area contributed by atoms with Gasteiger partial charge in [-0.2, -0.15) is 5.10 Å².